The highest BCUT2D eigenvalue weighted by molar-refractivity contribution is 6.45. The van der Waals surface area contributed by atoms with Gasteiger partial charge in [-0.1, -0.05) is 51.9 Å². The maximum atomic E-state index is 12.7. The first kappa shape index (κ1) is 25.4. The van der Waals surface area contributed by atoms with Crippen LogP contribution in [0.1, 0.15) is 35.1 Å². The van der Waals surface area contributed by atoms with Crippen LogP contribution in [0.3, 0.4) is 0 Å². The number of alkyl halides is 3. The summed E-state index contributed by atoms with van der Waals surface area (Å²) in [6, 6.07) is 11.8. The van der Waals surface area contributed by atoms with Crippen molar-refractivity contribution in [2.45, 2.75) is 26.6 Å². The van der Waals surface area contributed by atoms with Gasteiger partial charge in [0.15, 0.2) is 5.71 Å². The Labute approximate surface area is 198 Å². The summed E-state index contributed by atoms with van der Waals surface area (Å²) in [5.41, 5.74) is 3.51. The molecule has 0 radical (unpaired) electrons. The molecule has 0 unspecified atom stereocenters. The van der Waals surface area contributed by atoms with Crippen LogP contribution < -0.4 is 5.32 Å². The molecule has 9 nitrogen and oxygen atoms in total. The molecule has 0 atom stereocenters. The van der Waals surface area contributed by atoms with Crippen molar-refractivity contribution in [3.63, 3.8) is 0 Å². The van der Waals surface area contributed by atoms with Crippen molar-refractivity contribution in [2.75, 3.05) is 14.2 Å². The number of hydrogen-bond acceptors (Lipinski definition) is 8. The van der Waals surface area contributed by atoms with Crippen LogP contribution in [0.15, 0.2) is 57.3 Å². The van der Waals surface area contributed by atoms with Crippen molar-refractivity contribution in [1.82, 2.24) is 15.5 Å². The Hall–Kier alpha value is -4.22. The monoisotopic (exact) mass is 489 g/mol. The first-order valence-corrected chi connectivity index (χ1v) is 10.3. The van der Waals surface area contributed by atoms with Crippen LogP contribution in [0.2, 0.25) is 0 Å². The Morgan fingerprint density at radius 2 is 1.91 bits per heavy atom. The number of likely N-dealkylation sites (N-methyl/N-ethyl adjacent to an activating group) is 1. The molecule has 184 valence electrons. The number of nitrogens with one attached hydrogen (secondary N) is 1. The quantitative estimate of drug-likeness (QED) is 0.377. The molecule has 0 aliphatic carbocycles. The van der Waals surface area contributed by atoms with Gasteiger partial charge in [-0.3, -0.25) is 4.79 Å². The first-order chi connectivity index (χ1) is 16.7. The number of rotatable bonds is 8. The van der Waals surface area contributed by atoms with E-state index in [-0.39, 0.29) is 18.1 Å². The molecule has 12 heteroatoms. The van der Waals surface area contributed by atoms with Gasteiger partial charge in [-0.15, -0.1) is 0 Å². The topological polar surface area (TPSA) is 111 Å². The highest BCUT2D eigenvalue weighted by atomic mass is 19.4. The molecule has 0 aliphatic heterocycles. The van der Waals surface area contributed by atoms with Crippen molar-refractivity contribution >= 4 is 17.3 Å². The minimum atomic E-state index is -4.73. The van der Waals surface area contributed by atoms with Crippen LogP contribution in [0, 0.1) is 6.92 Å². The number of hydrogen-bond donors (Lipinski definition) is 1. The third-order valence-electron chi connectivity index (χ3n) is 4.91. The summed E-state index contributed by atoms with van der Waals surface area (Å²) in [4.78, 5) is 26.0. The van der Waals surface area contributed by atoms with Gasteiger partial charge in [0.25, 0.3) is 5.91 Å². The Bertz CT molecular complexity index is 1270. The first-order valence-electron chi connectivity index (χ1n) is 10.3. The molecule has 1 heterocycles. The van der Waals surface area contributed by atoms with Crippen LogP contribution in [0.4, 0.5) is 13.2 Å². The van der Waals surface area contributed by atoms with E-state index < -0.39 is 18.0 Å². The van der Waals surface area contributed by atoms with E-state index in [0.29, 0.717) is 28.0 Å². The number of nitrogens with zero attached hydrogens (tertiary/aromatic N) is 4. The standard InChI is InChI=1S/C23H22F3N5O4/c1-13-7-5-10-17(19(30-33-4)21(32)27-3)18(13)12-34-29-14(2)15-8-6-9-16(11-15)20-28-22(35-31-20)23(24,25)26/h5-11H,12H2,1-4H3,(H,27,32)/b29-14+,30-19+. The van der Waals surface area contributed by atoms with Crippen LogP contribution in [0.25, 0.3) is 11.4 Å². The second-order valence-corrected chi connectivity index (χ2v) is 7.25. The van der Waals surface area contributed by atoms with Gasteiger partial charge in [0.2, 0.25) is 5.82 Å². The van der Waals surface area contributed by atoms with Gasteiger partial charge in [0, 0.05) is 23.7 Å². The van der Waals surface area contributed by atoms with E-state index in [1.807, 2.05) is 13.0 Å². The highest BCUT2D eigenvalue weighted by Gasteiger charge is 2.38. The van der Waals surface area contributed by atoms with Gasteiger partial charge in [-0.05, 0) is 31.0 Å². The molecule has 0 bridgehead atoms. The third-order valence-corrected chi connectivity index (χ3v) is 4.91. The maximum Gasteiger partial charge on any atom is 0.471 e. The summed E-state index contributed by atoms with van der Waals surface area (Å²) < 4.78 is 42.5. The molecular weight excluding hydrogens is 467 g/mol. The van der Waals surface area contributed by atoms with Crippen LogP contribution in [-0.4, -0.2) is 41.6 Å². The number of amides is 1. The average Bonchev–Trinajstić information content (AvgIpc) is 3.34. The minimum Gasteiger partial charge on any atom is -0.398 e. The largest absolute Gasteiger partial charge is 0.471 e. The molecule has 0 saturated heterocycles. The summed E-state index contributed by atoms with van der Waals surface area (Å²) >= 11 is 0. The molecule has 0 fully saturated rings. The predicted octanol–water partition coefficient (Wildman–Crippen LogP) is 4.10. The van der Waals surface area contributed by atoms with Gasteiger partial charge in [-0.25, -0.2) is 0 Å². The Morgan fingerprint density at radius 3 is 2.57 bits per heavy atom. The van der Waals surface area contributed by atoms with E-state index in [2.05, 4.69) is 30.3 Å². The zero-order valence-corrected chi connectivity index (χ0v) is 19.3. The lowest BCUT2D eigenvalue weighted by molar-refractivity contribution is -0.159. The zero-order chi connectivity index (χ0) is 25.6. The van der Waals surface area contributed by atoms with E-state index >= 15 is 0 Å². The zero-order valence-electron chi connectivity index (χ0n) is 19.3. The molecule has 35 heavy (non-hydrogen) atoms. The number of halogens is 3. The third kappa shape index (κ3) is 6.02. The number of aromatic nitrogens is 2. The maximum absolute atomic E-state index is 12.7. The smallest absolute Gasteiger partial charge is 0.398 e. The Morgan fingerprint density at radius 1 is 1.17 bits per heavy atom. The number of benzene rings is 2. The highest BCUT2D eigenvalue weighted by Crippen LogP contribution is 2.29. The molecule has 3 aromatic rings. The summed E-state index contributed by atoms with van der Waals surface area (Å²) in [7, 11) is 2.83. The normalized spacial score (nSPS) is 12.4. The van der Waals surface area contributed by atoms with Crippen molar-refractivity contribution in [3.05, 3.63) is 70.6 Å². The summed E-state index contributed by atoms with van der Waals surface area (Å²) in [5.74, 6) is -2.05. The van der Waals surface area contributed by atoms with E-state index in [1.54, 1.807) is 43.3 Å². The fourth-order valence-electron chi connectivity index (χ4n) is 3.12. The summed E-state index contributed by atoms with van der Waals surface area (Å²) in [6.07, 6.45) is -4.73. The van der Waals surface area contributed by atoms with Crippen LogP contribution >= 0.6 is 0 Å². The van der Waals surface area contributed by atoms with Crippen LogP contribution in [0.5, 0.6) is 0 Å². The van der Waals surface area contributed by atoms with Crippen molar-refractivity contribution in [3.8, 4) is 11.4 Å². The molecular formula is C23H22F3N5O4. The predicted molar refractivity (Wildman–Crippen MR) is 121 cm³/mol. The minimum absolute atomic E-state index is 0.0263. The summed E-state index contributed by atoms with van der Waals surface area (Å²) in [6.45, 7) is 3.56. The molecule has 0 spiro atoms. The van der Waals surface area contributed by atoms with E-state index in [0.717, 1.165) is 5.56 Å². The van der Waals surface area contributed by atoms with Gasteiger partial charge < -0.3 is 19.5 Å². The number of aryl methyl sites for hydroxylation is 1. The van der Waals surface area contributed by atoms with Gasteiger partial charge in [-0.2, -0.15) is 18.2 Å². The van der Waals surface area contributed by atoms with Crippen molar-refractivity contribution in [2.24, 2.45) is 10.3 Å². The van der Waals surface area contributed by atoms with E-state index in [1.165, 1.54) is 14.2 Å². The molecule has 1 N–H and O–H groups in total. The molecule has 0 aliphatic rings. The number of carbonyl (C=O) groups is 1. The summed E-state index contributed by atoms with van der Waals surface area (Å²) in [5, 5.41) is 13.9. The number of oxime groups is 2. The Kier molecular flexibility index (Phi) is 7.84. The molecule has 1 amide bonds. The molecule has 0 saturated carbocycles. The average molecular weight is 489 g/mol. The van der Waals surface area contributed by atoms with E-state index in [9.17, 15) is 18.0 Å². The Balaban J connectivity index is 1.82. The lowest BCUT2D eigenvalue weighted by Crippen LogP contribution is -2.29. The van der Waals surface area contributed by atoms with Gasteiger partial charge in [0.05, 0.1) is 5.71 Å². The number of carbonyl (C=O) groups excluding carboxylic acids is 1. The molecule has 3 rings (SSSR count). The molecule has 1 aromatic heterocycles. The van der Waals surface area contributed by atoms with Crippen molar-refractivity contribution in [1.29, 1.82) is 0 Å². The second kappa shape index (κ2) is 10.8. The van der Waals surface area contributed by atoms with Crippen molar-refractivity contribution < 1.29 is 32.2 Å². The second-order valence-electron chi connectivity index (χ2n) is 7.25. The van der Waals surface area contributed by atoms with Crippen LogP contribution in [-0.2, 0) is 27.3 Å². The fraction of sp³-hybridized carbons (Fsp3) is 0.261. The molecule has 2 aromatic carbocycles. The SMILES string of the molecule is CNC(=O)/C(=N/OC)c1cccc(C)c1CO/N=C(\C)c1cccc(-c2noc(C(F)(F)F)n2)c1. The fourth-order valence-corrected chi connectivity index (χ4v) is 3.12. The lowest BCUT2D eigenvalue weighted by Gasteiger charge is -2.13. The van der Waals surface area contributed by atoms with E-state index in [4.69, 9.17) is 9.68 Å². The van der Waals surface area contributed by atoms with Gasteiger partial charge in [0.1, 0.15) is 13.7 Å². The van der Waals surface area contributed by atoms with Gasteiger partial charge >= 0.3 is 12.1 Å². The lowest BCUT2D eigenvalue weighted by atomic mass is 9.98.